The van der Waals surface area contributed by atoms with Gasteiger partial charge in [-0.3, -0.25) is 9.20 Å². The van der Waals surface area contributed by atoms with Crippen molar-refractivity contribution in [3.05, 3.63) is 28.5 Å². The molecule has 2 aromatic rings. The number of nitrogens with zero attached hydrogens (tertiary/aromatic N) is 2. The lowest BCUT2D eigenvalue weighted by Crippen LogP contribution is -2.43. The zero-order valence-corrected chi connectivity index (χ0v) is 12.8. The van der Waals surface area contributed by atoms with E-state index in [1.165, 1.54) is 17.4 Å². The van der Waals surface area contributed by atoms with Crippen LogP contribution in [0.15, 0.2) is 17.7 Å². The molecule has 0 fully saturated rings. The van der Waals surface area contributed by atoms with Crippen LogP contribution in [0.1, 0.15) is 26.0 Å². The summed E-state index contributed by atoms with van der Waals surface area (Å²) in [6.07, 6.45) is 5.41. The molecule has 2 N–H and O–H groups in total. The third-order valence-corrected chi connectivity index (χ3v) is 3.88. The number of aliphatic hydroxyl groups excluding tert-OH is 1. The number of carbonyl (C=O) groups is 1. The first-order valence-electron chi connectivity index (χ1n) is 6.15. The van der Waals surface area contributed by atoms with Crippen LogP contribution in [0.4, 0.5) is 0 Å². The van der Waals surface area contributed by atoms with Gasteiger partial charge in [0.15, 0.2) is 10.1 Å². The van der Waals surface area contributed by atoms with Gasteiger partial charge in [-0.05, 0) is 26.3 Å². The van der Waals surface area contributed by atoms with E-state index in [-0.39, 0.29) is 12.5 Å². The summed E-state index contributed by atoms with van der Waals surface area (Å²) in [7, 11) is 0. The fraction of sp³-hybridized carbons (Fsp3) is 0.385. The Bertz CT molecular complexity index is 645. The molecule has 0 aliphatic heterocycles. The average Bonchev–Trinajstić information content (AvgIpc) is 2.86. The molecule has 0 spiro atoms. The summed E-state index contributed by atoms with van der Waals surface area (Å²) in [5.74, 6) is -0.232. The number of hydrogen-bond donors (Lipinski definition) is 2. The molecule has 108 valence electrons. The van der Waals surface area contributed by atoms with Crippen LogP contribution >= 0.6 is 22.9 Å². The molecule has 0 atom stereocenters. The molecule has 0 radical (unpaired) electrons. The molecule has 7 heteroatoms. The van der Waals surface area contributed by atoms with Gasteiger partial charge >= 0.3 is 0 Å². The Morgan fingerprint density at radius 1 is 1.65 bits per heavy atom. The molecule has 0 aliphatic rings. The molecule has 2 rings (SSSR count). The Kier molecular flexibility index (Phi) is 4.47. The quantitative estimate of drug-likeness (QED) is 0.833. The standard InChI is InChI=1S/C13H16ClN3O2S/c1-13(2,5-7-18)16-10(19)4-3-9-11(14)15-12-17(9)6-8-20-12/h3-4,6,8,18H,5,7H2,1-2H3,(H,16,19)/b4-3+. The van der Waals surface area contributed by atoms with Crippen molar-refractivity contribution in [2.45, 2.75) is 25.8 Å². The SMILES string of the molecule is CC(C)(CCO)NC(=O)/C=C/c1c(Cl)nc2sccn12. The molecule has 0 saturated heterocycles. The van der Waals surface area contributed by atoms with Crippen LogP contribution < -0.4 is 5.32 Å². The second-order valence-corrected chi connectivity index (χ2v) is 6.25. The van der Waals surface area contributed by atoms with E-state index >= 15 is 0 Å². The summed E-state index contributed by atoms with van der Waals surface area (Å²) < 4.78 is 1.83. The number of carbonyl (C=O) groups excluding carboxylic acids is 1. The number of aromatic nitrogens is 2. The largest absolute Gasteiger partial charge is 0.396 e. The minimum absolute atomic E-state index is 0.0287. The number of amides is 1. The lowest BCUT2D eigenvalue weighted by molar-refractivity contribution is -0.118. The van der Waals surface area contributed by atoms with Gasteiger partial charge in [0.25, 0.3) is 0 Å². The van der Waals surface area contributed by atoms with E-state index in [1.54, 1.807) is 6.08 Å². The third-order valence-electron chi connectivity index (χ3n) is 2.85. The lowest BCUT2D eigenvalue weighted by Gasteiger charge is -2.24. The molecule has 1 amide bonds. The highest BCUT2D eigenvalue weighted by Gasteiger charge is 2.18. The first kappa shape index (κ1) is 15.0. The third kappa shape index (κ3) is 3.39. The predicted molar refractivity (Wildman–Crippen MR) is 81.0 cm³/mol. The van der Waals surface area contributed by atoms with Gasteiger partial charge in [-0.1, -0.05) is 11.6 Å². The fourth-order valence-electron chi connectivity index (χ4n) is 1.80. The zero-order chi connectivity index (χ0) is 14.8. The number of nitrogens with one attached hydrogen (secondary N) is 1. The van der Waals surface area contributed by atoms with Gasteiger partial charge in [-0.15, -0.1) is 11.3 Å². The van der Waals surface area contributed by atoms with Crippen LogP contribution in [0.5, 0.6) is 0 Å². The van der Waals surface area contributed by atoms with Crippen molar-refractivity contribution in [3.8, 4) is 0 Å². The number of thiazole rings is 1. The van der Waals surface area contributed by atoms with E-state index in [1.807, 2.05) is 29.8 Å². The Hall–Kier alpha value is -1.37. The maximum absolute atomic E-state index is 11.9. The van der Waals surface area contributed by atoms with Crippen LogP contribution in [-0.4, -0.2) is 32.5 Å². The van der Waals surface area contributed by atoms with E-state index in [9.17, 15) is 4.79 Å². The Morgan fingerprint density at radius 3 is 3.10 bits per heavy atom. The predicted octanol–water partition coefficient (Wildman–Crippen LogP) is 2.34. The maximum atomic E-state index is 11.9. The van der Waals surface area contributed by atoms with Gasteiger partial charge < -0.3 is 10.4 Å². The topological polar surface area (TPSA) is 66.6 Å². The van der Waals surface area contributed by atoms with Gasteiger partial charge in [0.1, 0.15) is 0 Å². The summed E-state index contributed by atoms with van der Waals surface area (Å²) >= 11 is 7.51. The van der Waals surface area contributed by atoms with Crippen LogP contribution in [0.2, 0.25) is 5.15 Å². The van der Waals surface area contributed by atoms with Crippen LogP contribution in [-0.2, 0) is 4.79 Å². The molecule has 20 heavy (non-hydrogen) atoms. The smallest absolute Gasteiger partial charge is 0.244 e. The van der Waals surface area contributed by atoms with Gasteiger partial charge in [0.2, 0.25) is 5.91 Å². The Morgan fingerprint density at radius 2 is 2.40 bits per heavy atom. The highest BCUT2D eigenvalue weighted by Crippen LogP contribution is 2.22. The number of aliphatic hydroxyl groups is 1. The zero-order valence-electron chi connectivity index (χ0n) is 11.3. The summed E-state index contributed by atoms with van der Waals surface area (Å²) in [5.41, 5.74) is 0.229. The maximum Gasteiger partial charge on any atom is 0.244 e. The van der Waals surface area contributed by atoms with E-state index < -0.39 is 5.54 Å². The number of halogens is 1. The minimum Gasteiger partial charge on any atom is -0.396 e. The molecule has 0 aliphatic carbocycles. The van der Waals surface area contributed by atoms with Crippen molar-refractivity contribution >= 4 is 39.9 Å². The molecule has 0 aromatic carbocycles. The molecule has 0 bridgehead atoms. The number of imidazole rings is 1. The molecule has 0 unspecified atom stereocenters. The monoisotopic (exact) mass is 313 g/mol. The lowest BCUT2D eigenvalue weighted by atomic mass is 10.0. The summed E-state index contributed by atoms with van der Waals surface area (Å²) in [5, 5.41) is 14.0. The first-order valence-corrected chi connectivity index (χ1v) is 7.41. The van der Waals surface area contributed by atoms with Crippen molar-refractivity contribution in [1.82, 2.24) is 14.7 Å². The molecular formula is C13H16ClN3O2S. The summed E-state index contributed by atoms with van der Waals surface area (Å²) in [6, 6.07) is 0. The van der Waals surface area contributed by atoms with Crippen LogP contribution in [0, 0.1) is 0 Å². The number of fused-ring (bicyclic) bond motifs is 1. The van der Waals surface area contributed by atoms with Crippen molar-refractivity contribution in [3.63, 3.8) is 0 Å². The summed E-state index contributed by atoms with van der Waals surface area (Å²) in [4.78, 5) is 16.8. The van der Waals surface area contributed by atoms with Crippen molar-refractivity contribution < 1.29 is 9.90 Å². The van der Waals surface area contributed by atoms with E-state index in [2.05, 4.69) is 10.3 Å². The molecule has 5 nitrogen and oxygen atoms in total. The van der Waals surface area contributed by atoms with E-state index in [4.69, 9.17) is 16.7 Å². The second kappa shape index (κ2) is 5.95. The van der Waals surface area contributed by atoms with Crippen molar-refractivity contribution in [1.29, 1.82) is 0 Å². The van der Waals surface area contributed by atoms with Gasteiger partial charge in [0.05, 0.1) is 5.69 Å². The van der Waals surface area contributed by atoms with Crippen molar-refractivity contribution in [2.24, 2.45) is 0 Å². The Balaban J connectivity index is 2.11. The molecule has 0 saturated carbocycles. The molecular weight excluding hydrogens is 298 g/mol. The van der Waals surface area contributed by atoms with Crippen LogP contribution in [0.25, 0.3) is 11.0 Å². The fourth-order valence-corrected chi connectivity index (χ4v) is 2.80. The number of hydrogen-bond acceptors (Lipinski definition) is 4. The minimum atomic E-state index is -0.449. The highest BCUT2D eigenvalue weighted by molar-refractivity contribution is 7.15. The van der Waals surface area contributed by atoms with Crippen LogP contribution in [0.3, 0.4) is 0 Å². The second-order valence-electron chi connectivity index (χ2n) is 5.02. The molecule has 2 aromatic heterocycles. The average molecular weight is 314 g/mol. The Labute approximate surface area is 125 Å². The van der Waals surface area contributed by atoms with Gasteiger partial charge in [-0.2, -0.15) is 0 Å². The normalized spacial score (nSPS) is 12.4. The van der Waals surface area contributed by atoms with Crippen molar-refractivity contribution in [2.75, 3.05) is 6.61 Å². The van der Waals surface area contributed by atoms with E-state index in [0.717, 1.165) is 4.96 Å². The van der Waals surface area contributed by atoms with Gasteiger partial charge in [-0.25, -0.2) is 4.98 Å². The van der Waals surface area contributed by atoms with Gasteiger partial charge in [0, 0.05) is 29.8 Å². The van der Waals surface area contributed by atoms with E-state index in [0.29, 0.717) is 17.3 Å². The molecule has 2 heterocycles. The number of rotatable bonds is 5. The summed E-state index contributed by atoms with van der Waals surface area (Å²) in [6.45, 7) is 3.75. The first-order chi connectivity index (χ1) is 9.43. The highest BCUT2D eigenvalue weighted by atomic mass is 35.5.